The lowest BCUT2D eigenvalue weighted by Crippen LogP contribution is -2.49. The van der Waals surface area contributed by atoms with Gasteiger partial charge in [-0.15, -0.1) is 11.3 Å². The number of rotatable bonds is 6. The normalized spacial score (nSPS) is 17.1. The Morgan fingerprint density at radius 2 is 2.31 bits per heavy atom. The van der Waals surface area contributed by atoms with Crippen molar-refractivity contribution < 1.29 is 4.74 Å². The molecular formula is C12H20BrNOS. The molecule has 0 saturated heterocycles. The van der Waals surface area contributed by atoms with Crippen LogP contribution in [0.25, 0.3) is 0 Å². The van der Waals surface area contributed by atoms with Crippen molar-refractivity contribution in [1.82, 2.24) is 5.32 Å². The molecule has 1 heterocycles. The first kappa shape index (κ1) is 14.2. The highest BCUT2D eigenvalue weighted by molar-refractivity contribution is 9.10. The fourth-order valence-electron chi connectivity index (χ4n) is 1.82. The zero-order valence-corrected chi connectivity index (χ0v) is 12.7. The molecule has 0 bridgehead atoms. The third-order valence-electron chi connectivity index (χ3n) is 3.28. The zero-order valence-electron chi connectivity index (χ0n) is 10.3. The summed E-state index contributed by atoms with van der Waals surface area (Å²) in [6.45, 7) is 4.33. The van der Waals surface area contributed by atoms with E-state index in [1.807, 2.05) is 7.05 Å². The molecule has 0 aliphatic heterocycles. The third-order valence-corrected chi connectivity index (χ3v) is 5.00. The lowest BCUT2D eigenvalue weighted by Gasteiger charge is -2.35. The van der Waals surface area contributed by atoms with Crippen LogP contribution in [0.3, 0.4) is 0 Å². The van der Waals surface area contributed by atoms with Gasteiger partial charge in [0.2, 0.25) is 0 Å². The van der Waals surface area contributed by atoms with Gasteiger partial charge in [-0.3, -0.25) is 0 Å². The zero-order chi connectivity index (χ0) is 12.2. The van der Waals surface area contributed by atoms with E-state index in [1.54, 1.807) is 18.4 Å². The topological polar surface area (TPSA) is 21.3 Å². The molecule has 1 aromatic heterocycles. The molecule has 0 saturated carbocycles. The van der Waals surface area contributed by atoms with E-state index in [0.29, 0.717) is 6.04 Å². The molecule has 1 N–H and O–H groups in total. The second-order valence-corrected chi connectivity index (χ2v) is 6.06. The van der Waals surface area contributed by atoms with Crippen LogP contribution in [0.1, 0.15) is 25.1 Å². The first-order chi connectivity index (χ1) is 7.55. The Morgan fingerprint density at radius 1 is 1.62 bits per heavy atom. The van der Waals surface area contributed by atoms with Crippen molar-refractivity contribution in [2.24, 2.45) is 0 Å². The van der Waals surface area contributed by atoms with Crippen molar-refractivity contribution in [2.75, 3.05) is 14.2 Å². The second kappa shape index (κ2) is 6.15. The number of hydrogen-bond donors (Lipinski definition) is 1. The standard InChI is InChI=1S/C12H20BrNOS/c1-5-12(2,15-4)11(14-3)7-10-6-9(13)8-16-10/h6,8,11,14H,5,7H2,1-4H3. The minimum absolute atomic E-state index is 0.106. The van der Waals surface area contributed by atoms with Gasteiger partial charge in [0.15, 0.2) is 0 Å². The van der Waals surface area contributed by atoms with Crippen LogP contribution in [0.5, 0.6) is 0 Å². The third kappa shape index (κ3) is 3.29. The van der Waals surface area contributed by atoms with Crippen LogP contribution in [-0.2, 0) is 11.2 Å². The Hall–Kier alpha value is 0.1000. The van der Waals surface area contributed by atoms with E-state index in [1.165, 1.54) is 4.88 Å². The number of halogens is 1. The first-order valence-corrected chi connectivity index (χ1v) is 7.18. The molecule has 16 heavy (non-hydrogen) atoms. The average Bonchev–Trinajstić information content (AvgIpc) is 2.70. The lowest BCUT2D eigenvalue weighted by atomic mass is 9.90. The highest BCUT2D eigenvalue weighted by Crippen LogP contribution is 2.26. The molecular weight excluding hydrogens is 286 g/mol. The van der Waals surface area contributed by atoms with Crippen LogP contribution in [0, 0.1) is 0 Å². The predicted molar refractivity (Wildman–Crippen MR) is 74.3 cm³/mol. The highest BCUT2D eigenvalue weighted by atomic mass is 79.9. The minimum Gasteiger partial charge on any atom is -0.377 e. The summed E-state index contributed by atoms with van der Waals surface area (Å²) < 4.78 is 6.81. The van der Waals surface area contributed by atoms with Crippen molar-refractivity contribution in [1.29, 1.82) is 0 Å². The van der Waals surface area contributed by atoms with Crippen molar-refractivity contribution in [3.05, 3.63) is 20.8 Å². The van der Waals surface area contributed by atoms with Gasteiger partial charge >= 0.3 is 0 Å². The van der Waals surface area contributed by atoms with E-state index in [0.717, 1.165) is 17.3 Å². The number of thiophene rings is 1. The smallest absolute Gasteiger partial charge is 0.0803 e. The van der Waals surface area contributed by atoms with Gasteiger partial charge in [0.25, 0.3) is 0 Å². The summed E-state index contributed by atoms with van der Waals surface area (Å²) in [5, 5.41) is 5.49. The monoisotopic (exact) mass is 305 g/mol. The molecule has 0 aliphatic rings. The molecule has 0 spiro atoms. The molecule has 0 aliphatic carbocycles. The van der Waals surface area contributed by atoms with Gasteiger partial charge in [-0.1, -0.05) is 6.92 Å². The Kier molecular flexibility index (Phi) is 5.44. The summed E-state index contributed by atoms with van der Waals surface area (Å²) in [6.07, 6.45) is 2.01. The van der Waals surface area contributed by atoms with Crippen molar-refractivity contribution in [3.8, 4) is 0 Å². The highest BCUT2D eigenvalue weighted by Gasteiger charge is 2.31. The molecule has 0 fully saturated rings. The lowest BCUT2D eigenvalue weighted by molar-refractivity contribution is -0.0266. The maximum absolute atomic E-state index is 5.65. The van der Waals surface area contributed by atoms with Crippen LogP contribution in [0.4, 0.5) is 0 Å². The molecule has 1 rings (SSSR count). The largest absolute Gasteiger partial charge is 0.377 e. The predicted octanol–water partition coefficient (Wildman–Crippen LogP) is 3.46. The van der Waals surface area contributed by atoms with Crippen LogP contribution in [0.15, 0.2) is 15.9 Å². The SMILES string of the molecule is CCC(C)(OC)C(Cc1cc(Br)cs1)NC. The van der Waals surface area contributed by atoms with Gasteiger partial charge in [0.1, 0.15) is 0 Å². The Labute approximate surface area is 111 Å². The van der Waals surface area contributed by atoms with E-state index in [4.69, 9.17) is 4.74 Å². The maximum Gasteiger partial charge on any atom is 0.0803 e. The molecule has 2 atom stereocenters. The van der Waals surface area contributed by atoms with Crippen molar-refractivity contribution in [3.63, 3.8) is 0 Å². The number of hydrogen-bond acceptors (Lipinski definition) is 3. The van der Waals surface area contributed by atoms with Crippen molar-refractivity contribution in [2.45, 2.75) is 38.3 Å². The number of nitrogens with one attached hydrogen (secondary N) is 1. The van der Waals surface area contributed by atoms with Gasteiger partial charge < -0.3 is 10.1 Å². The fraction of sp³-hybridized carbons (Fsp3) is 0.667. The number of methoxy groups -OCH3 is 1. The molecule has 92 valence electrons. The van der Waals surface area contributed by atoms with E-state index in [2.05, 4.69) is 46.5 Å². The Bertz CT molecular complexity index is 323. The van der Waals surface area contributed by atoms with E-state index in [-0.39, 0.29) is 5.60 Å². The molecule has 4 heteroatoms. The second-order valence-electron chi connectivity index (χ2n) is 4.15. The molecule has 0 amide bonds. The summed E-state index contributed by atoms with van der Waals surface area (Å²) in [7, 11) is 3.79. The van der Waals surface area contributed by atoms with E-state index in [9.17, 15) is 0 Å². The Balaban J connectivity index is 2.75. The van der Waals surface area contributed by atoms with Crippen LogP contribution < -0.4 is 5.32 Å². The molecule has 0 aromatic carbocycles. The van der Waals surface area contributed by atoms with Crippen LogP contribution in [-0.4, -0.2) is 25.8 Å². The summed E-state index contributed by atoms with van der Waals surface area (Å²) in [4.78, 5) is 1.38. The van der Waals surface area contributed by atoms with E-state index < -0.39 is 0 Å². The van der Waals surface area contributed by atoms with Crippen molar-refractivity contribution >= 4 is 27.3 Å². The summed E-state index contributed by atoms with van der Waals surface area (Å²) >= 11 is 5.28. The molecule has 1 aromatic rings. The van der Waals surface area contributed by atoms with Crippen LogP contribution in [0.2, 0.25) is 0 Å². The Morgan fingerprint density at radius 3 is 2.69 bits per heavy atom. The fourth-order valence-corrected chi connectivity index (χ4v) is 3.32. The van der Waals surface area contributed by atoms with Gasteiger partial charge in [-0.25, -0.2) is 0 Å². The molecule has 2 unspecified atom stereocenters. The van der Waals surface area contributed by atoms with Gasteiger partial charge in [-0.2, -0.15) is 0 Å². The van der Waals surface area contributed by atoms with E-state index >= 15 is 0 Å². The molecule has 2 nitrogen and oxygen atoms in total. The molecule has 0 radical (unpaired) electrons. The summed E-state index contributed by atoms with van der Waals surface area (Å²) in [6, 6.07) is 2.52. The summed E-state index contributed by atoms with van der Waals surface area (Å²) in [5.74, 6) is 0. The summed E-state index contributed by atoms with van der Waals surface area (Å²) in [5.41, 5.74) is -0.106. The van der Waals surface area contributed by atoms with Gasteiger partial charge in [0, 0.05) is 27.9 Å². The van der Waals surface area contributed by atoms with Crippen LogP contribution >= 0.6 is 27.3 Å². The van der Waals surface area contributed by atoms with Gasteiger partial charge in [0.05, 0.1) is 5.60 Å². The number of ether oxygens (including phenoxy) is 1. The average molecular weight is 306 g/mol. The quantitative estimate of drug-likeness (QED) is 0.869. The maximum atomic E-state index is 5.65. The van der Waals surface area contributed by atoms with Gasteiger partial charge in [-0.05, 0) is 48.8 Å². The number of likely N-dealkylation sites (N-methyl/N-ethyl adjacent to an activating group) is 1. The minimum atomic E-state index is -0.106. The first-order valence-electron chi connectivity index (χ1n) is 5.51.